The molecule has 7 heteroatoms. The average Bonchev–Trinajstić information content (AvgIpc) is 2.32. The Balaban J connectivity index is 2.60. The van der Waals surface area contributed by atoms with Crippen molar-refractivity contribution in [2.45, 2.75) is 26.8 Å². The zero-order chi connectivity index (χ0) is 13.4. The summed E-state index contributed by atoms with van der Waals surface area (Å²) in [6, 6.07) is 0.0111. The number of anilines is 2. The Labute approximate surface area is 111 Å². The molecule has 0 N–H and O–H groups in total. The maximum atomic E-state index is 12.2. The van der Waals surface area contributed by atoms with Crippen molar-refractivity contribution in [1.82, 2.24) is 15.0 Å². The minimum absolute atomic E-state index is 0.0929. The number of halogens is 1. The Morgan fingerprint density at radius 2 is 2.11 bits per heavy atom. The Hall–Kier alpha value is -1.56. The molecular formula is C11H16ClN5O. The van der Waals surface area contributed by atoms with Gasteiger partial charge in [-0.1, -0.05) is 0 Å². The summed E-state index contributed by atoms with van der Waals surface area (Å²) in [5.74, 6) is 0.661. The third-order valence-corrected chi connectivity index (χ3v) is 3.04. The molecule has 2 rings (SSSR count). The van der Waals surface area contributed by atoms with E-state index in [4.69, 9.17) is 11.6 Å². The van der Waals surface area contributed by atoms with Gasteiger partial charge < -0.3 is 0 Å². The first kappa shape index (κ1) is 12.9. The zero-order valence-corrected chi connectivity index (χ0v) is 11.6. The van der Waals surface area contributed by atoms with Crippen LogP contribution in [0.1, 0.15) is 20.8 Å². The van der Waals surface area contributed by atoms with Gasteiger partial charge in [0, 0.05) is 19.6 Å². The SMILES string of the molecule is CCN1C(=O)N(C)c2cnc(Cl)nc2N1C(C)C. The number of fused-ring (bicyclic) bond motifs is 1. The summed E-state index contributed by atoms with van der Waals surface area (Å²) in [6.45, 7) is 6.50. The average molecular weight is 270 g/mol. The van der Waals surface area contributed by atoms with Crippen molar-refractivity contribution >= 4 is 29.1 Å². The van der Waals surface area contributed by atoms with E-state index >= 15 is 0 Å². The highest BCUT2D eigenvalue weighted by molar-refractivity contribution is 6.28. The summed E-state index contributed by atoms with van der Waals surface area (Å²) in [7, 11) is 1.71. The van der Waals surface area contributed by atoms with Gasteiger partial charge in [0.1, 0.15) is 5.69 Å². The largest absolute Gasteiger partial charge is 0.343 e. The lowest BCUT2D eigenvalue weighted by molar-refractivity contribution is 0.194. The zero-order valence-electron chi connectivity index (χ0n) is 10.9. The second-order valence-electron chi connectivity index (χ2n) is 4.34. The number of hydrogen-bond donors (Lipinski definition) is 0. The molecule has 1 aromatic rings. The van der Waals surface area contributed by atoms with Crippen LogP contribution in [0.25, 0.3) is 0 Å². The lowest BCUT2D eigenvalue weighted by Crippen LogP contribution is -2.58. The highest BCUT2D eigenvalue weighted by Gasteiger charge is 2.35. The predicted molar refractivity (Wildman–Crippen MR) is 70.8 cm³/mol. The van der Waals surface area contributed by atoms with Crippen molar-refractivity contribution in [3.8, 4) is 0 Å². The molecule has 0 fully saturated rings. The number of hydrazine groups is 1. The smallest absolute Gasteiger partial charge is 0.291 e. The van der Waals surface area contributed by atoms with Crippen LogP contribution in [0.15, 0.2) is 6.20 Å². The van der Waals surface area contributed by atoms with Crippen molar-refractivity contribution in [3.05, 3.63) is 11.5 Å². The van der Waals surface area contributed by atoms with E-state index in [0.717, 1.165) is 0 Å². The predicted octanol–water partition coefficient (Wildman–Crippen LogP) is 2.15. The molecule has 0 bridgehead atoms. The molecule has 0 radical (unpaired) electrons. The van der Waals surface area contributed by atoms with Crippen LogP contribution in [-0.2, 0) is 0 Å². The minimum Gasteiger partial charge on any atom is -0.291 e. The number of nitrogens with zero attached hydrogens (tertiary/aromatic N) is 5. The van der Waals surface area contributed by atoms with E-state index in [0.29, 0.717) is 18.1 Å². The normalized spacial score (nSPS) is 15.4. The number of carbonyl (C=O) groups excluding carboxylic acids is 1. The number of hydrogen-bond acceptors (Lipinski definition) is 4. The Morgan fingerprint density at radius 1 is 1.44 bits per heavy atom. The van der Waals surface area contributed by atoms with Crippen LogP contribution in [0.3, 0.4) is 0 Å². The maximum absolute atomic E-state index is 12.2. The Morgan fingerprint density at radius 3 is 2.67 bits per heavy atom. The monoisotopic (exact) mass is 269 g/mol. The second kappa shape index (κ2) is 4.61. The number of rotatable bonds is 2. The highest BCUT2D eigenvalue weighted by atomic mass is 35.5. The molecule has 0 spiro atoms. The van der Waals surface area contributed by atoms with E-state index in [9.17, 15) is 4.79 Å². The first-order chi connectivity index (χ1) is 8.47. The summed E-state index contributed by atoms with van der Waals surface area (Å²) in [5.41, 5.74) is 0.669. The summed E-state index contributed by atoms with van der Waals surface area (Å²) in [4.78, 5) is 22.0. The molecule has 2 heterocycles. The van der Waals surface area contributed by atoms with Gasteiger partial charge in [-0.05, 0) is 32.4 Å². The first-order valence-corrected chi connectivity index (χ1v) is 6.22. The van der Waals surface area contributed by atoms with Crippen molar-refractivity contribution in [2.24, 2.45) is 0 Å². The van der Waals surface area contributed by atoms with Crippen LogP contribution in [0.5, 0.6) is 0 Å². The first-order valence-electron chi connectivity index (χ1n) is 5.84. The molecule has 6 nitrogen and oxygen atoms in total. The molecule has 0 atom stereocenters. The molecule has 0 unspecified atom stereocenters. The molecule has 1 aromatic heterocycles. The lowest BCUT2D eigenvalue weighted by Gasteiger charge is -2.44. The molecule has 18 heavy (non-hydrogen) atoms. The van der Waals surface area contributed by atoms with E-state index in [1.807, 2.05) is 25.8 Å². The fourth-order valence-electron chi connectivity index (χ4n) is 2.04. The molecule has 98 valence electrons. The van der Waals surface area contributed by atoms with Gasteiger partial charge in [0.2, 0.25) is 5.28 Å². The summed E-state index contributed by atoms with van der Waals surface area (Å²) in [5, 5.41) is 3.68. The number of carbonyl (C=O) groups is 1. The van der Waals surface area contributed by atoms with Gasteiger partial charge in [0.05, 0.1) is 6.20 Å². The van der Waals surface area contributed by atoms with Crippen LogP contribution < -0.4 is 9.91 Å². The Kier molecular flexibility index (Phi) is 3.30. The van der Waals surface area contributed by atoms with Gasteiger partial charge in [-0.15, -0.1) is 0 Å². The van der Waals surface area contributed by atoms with E-state index in [-0.39, 0.29) is 17.4 Å². The van der Waals surface area contributed by atoms with Gasteiger partial charge in [0.25, 0.3) is 0 Å². The third kappa shape index (κ3) is 1.86. The van der Waals surface area contributed by atoms with Crippen LogP contribution in [-0.4, -0.2) is 40.6 Å². The van der Waals surface area contributed by atoms with E-state index in [2.05, 4.69) is 9.97 Å². The maximum Gasteiger partial charge on any atom is 0.343 e. The molecule has 2 amide bonds. The molecule has 0 saturated heterocycles. The van der Waals surface area contributed by atoms with Crippen LogP contribution in [0.4, 0.5) is 16.3 Å². The standard InChI is InChI=1S/C11H16ClN5O/c1-5-16-11(18)15(4)8-6-13-10(12)14-9(8)17(16)7(2)3/h6-7H,5H2,1-4H3. The summed E-state index contributed by atoms with van der Waals surface area (Å²) >= 11 is 5.85. The van der Waals surface area contributed by atoms with Gasteiger partial charge in [-0.25, -0.2) is 14.8 Å². The topological polar surface area (TPSA) is 52.6 Å². The van der Waals surface area contributed by atoms with Crippen molar-refractivity contribution in [3.63, 3.8) is 0 Å². The van der Waals surface area contributed by atoms with Crippen molar-refractivity contribution < 1.29 is 4.79 Å². The fourth-order valence-corrected chi connectivity index (χ4v) is 2.17. The van der Waals surface area contributed by atoms with E-state index in [1.54, 1.807) is 18.3 Å². The van der Waals surface area contributed by atoms with Crippen molar-refractivity contribution in [1.29, 1.82) is 0 Å². The highest BCUT2D eigenvalue weighted by Crippen LogP contribution is 2.34. The molecule has 1 aliphatic heterocycles. The number of aromatic nitrogens is 2. The fraction of sp³-hybridized carbons (Fsp3) is 0.545. The number of urea groups is 1. The molecular weight excluding hydrogens is 254 g/mol. The molecule has 1 aliphatic rings. The summed E-state index contributed by atoms with van der Waals surface area (Å²) in [6.07, 6.45) is 1.57. The minimum atomic E-state index is -0.0929. The van der Waals surface area contributed by atoms with Gasteiger partial charge in [-0.3, -0.25) is 9.91 Å². The lowest BCUT2D eigenvalue weighted by atomic mass is 10.3. The quantitative estimate of drug-likeness (QED) is 0.772. The van der Waals surface area contributed by atoms with Crippen molar-refractivity contribution in [2.75, 3.05) is 23.5 Å². The van der Waals surface area contributed by atoms with Gasteiger partial charge in [0.15, 0.2) is 5.82 Å². The third-order valence-electron chi connectivity index (χ3n) is 2.86. The second-order valence-corrected chi connectivity index (χ2v) is 4.68. The molecule has 0 saturated carbocycles. The number of amides is 2. The van der Waals surface area contributed by atoms with E-state index < -0.39 is 0 Å². The molecule has 0 aliphatic carbocycles. The van der Waals surface area contributed by atoms with Crippen LogP contribution >= 0.6 is 11.6 Å². The Bertz CT molecular complexity index is 479. The van der Waals surface area contributed by atoms with Gasteiger partial charge in [-0.2, -0.15) is 4.98 Å². The van der Waals surface area contributed by atoms with E-state index in [1.165, 1.54) is 4.90 Å². The van der Waals surface area contributed by atoms with Crippen LogP contribution in [0, 0.1) is 0 Å². The van der Waals surface area contributed by atoms with Crippen LogP contribution in [0.2, 0.25) is 5.28 Å². The summed E-state index contributed by atoms with van der Waals surface area (Å²) < 4.78 is 0. The van der Waals surface area contributed by atoms with Gasteiger partial charge >= 0.3 is 6.03 Å². The molecule has 0 aromatic carbocycles.